The summed E-state index contributed by atoms with van der Waals surface area (Å²) >= 11 is 2.76. The molecule has 2 heterocycles. The molecule has 0 aliphatic carbocycles. The Bertz CT molecular complexity index is 591. The van der Waals surface area contributed by atoms with E-state index in [1.54, 1.807) is 6.07 Å². The van der Waals surface area contributed by atoms with Crippen LogP contribution in [0.25, 0.3) is 0 Å². The highest BCUT2D eigenvalue weighted by molar-refractivity contribution is 7.15. The molecule has 106 valence electrons. The van der Waals surface area contributed by atoms with Crippen LogP contribution in [0.5, 0.6) is 0 Å². The molecule has 5 nitrogen and oxygen atoms in total. The smallest absolute Gasteiger partial charge is 0.226 e. The predicted molar refractivity (Wildman–Crippen MR) is 80.5 cm³/mol. The number of ketones is 1. The van der Waals surface area contributed by atoms with Crippen LogP contribution in [0.3, 0.4) is 0 Å². The highest BCUT2D eigenvalue weighted by atomic mass is 32.1. The molecule has 0 saturated heterocycles. The summed E-state index contributed by atoms with van der Waals surface area (Å²) in [6, 6.07) is 3.59. The third-order valence-electron chi connectivity index (χ3n) is 2.56. The number of hydrogen-bond donors (Lipinski definition) is 1. The van der Waals surface area contributed by atoms with Crippen LogP contribution in [0, 0.1) is 0 Å². The molecular weight excluding hydrogens is 294 g/mol. The van der Waals surface area contributed by atoms with Crippen molar-refractivity contribution < 1.29 is 9.59 Å². The zero-order valence-corrected chi connectivity index (χ0v) is 12.9. The molecule has 0 fully saturated rings. The van der Waals surface area contributed by atoms with E-state index in [-0.39, 0.29) is 24.5 Å². The third-order valence-corrected chi connectivity index (χ3v) is 4.61. The average molecular weight is 309 g/mol. The van der Waals surface area contributed by atoms with Crippen LogP contribution < -0.4 is 5.32 Å². The van der Waals surface area contributed by atoms with Gasteiger partial charge in [0, 0.05) is 18.8 Å². The molecule has 0 bridgehead atoms. The predicted octanol–water partition coefficient (Wildman–Crippen LogP) is 3.32. The number of nitrogens with one attached hydrogen (secondary N) is 1. The molecule has 0 atom stereocenters. The Balaban J connectivity index is 1.82. The minimum atomic E-state index is -0.207. The van der Waals surface area contributed by atoms with Gasteiger partial charge in [0.25, 0.3) is 0 Å². The van der Waals surface area contributed by atoms with E-state index >= 15 is 0 Å². The molecule has 0 aliphatic heterocycles. The van der Waals surface area contributed by atoms with Gasteiger partial charge in [-0.25, -0.2) is 0 Å². The summed E-state index contributed by atoms with van der Waals surface area (Å²) in [5.74, 6) is 0.0789. The van der Waals surface area contributed by atoms with Gasteiger partial charge in [0.1, 0.15) is 5.01 Å². The van der Waals surface area contributed by atoms with Gasteiger partial charge in [-0.1, -0.05) is 31.3 Å². The molecule has 0 spiro atoms. The molecule has 2 rings (SSSR count). The number of carbonyl (C=O) groups excluding carboxylic acids is 2. The van der Waals surface area contributed by atoms with Crippen LogP contribution in [0.1, 0.15) is 47.3 Å². The van der Waals surface area contributed by atoms with E-state index in [0.29, 0.717) is 15.9 Å². The van der Waals surface area contributed by atoms with Gasteiger partial charge in [0.05, 0.1) is 4.88 Å². The largest absolute Gasteiger partial charge is 0.301 e. The number of nitrogens with zero attached hydrogens (tertiary/aromatic N) is 2. The lowest BCUT2D eigenvalue weighted by atomic mass is 10.2. The van der Waals surface area contributed by atoms with Gasteiger partial charge in [-0.15, -0.1) is 21.5 Å². The third kappa shape index (κ3) is 3.94. The minimum Gasteiger partial charge on any atom is -0.301 e. The Morgan fingerprint density at radius 2 is 2.10 bits per heavy atom. The van der Waals surface area contributed by atoms with Crippen molar-refractivity contribution in [3.63, 3.8) is 0 Å². The van der Waals surface area contributed by atoms with Crippen molar-refractivity contribution in [2.24, 2.45) is 0 Å². The van der Waals surface area contributed by atoms with Gasteiger partial charge < -0.3 is 5.32 Å². The Kier molecular flexibility index (Phi) is 4.97. The fourth-order valence-electron chi connectivity index (χ4n) is 1.49. The fraction of sp³-hybridized carbons (Fsp3) is 0.385. The molecule has 1 amide bonds. The lowest BCUT2D eigenvalue weighted by Gasteiger charge is -2.00. The van der Waals surface area contributed by atoms with Crippen molar-refractivity contribution in [1.82, 2.24) is 10.2 Å². The summed E-state index contributed by atoms with van der Waals surface area (Å²) in [4.78, 5) is 24.2. The average Bonchev–Trinajstić information content (AvgIpc) is 3.06. The number of anilines is 1. The molecule has 0 aromatic carbocycles. The number of rotatable bonds is 6. The zero-order chi connectivity index (χ0) is 14.5. The summed E-state index contributed by atoms with van der Waals surface area (Å²) in [5, 5.41) is 13.8. The molecule has 20 heavy (non-hydrogen) atoms. The standard InChI is InChI=1S/C13H15N3O2S2/c1-8(2)12-15-16-13(20-12)14-11(18)6-5-9(17)10-4-3-7-19-10/h3-4,7-8H,5-6H2,1-2H3,(H,14,16,18). The molecule has 0 unspecified atom stereocenters. The van der Waals surface area contributed by atoms with Crippen molar-refractivity contribution in [3.8, 4) is 0 Å². The Labute approximate surface area is 125 Å². The summed E-state index contributed by atoms with van der Waals surface area (Å²) in [6.45, 7) is 4.04. The first kappa shape index (κ1) is 14.8. The highest BCUT2D eigenvalue weighted by Gasteiger charge is 2.13. The zero-order valence-electron chi connectivity index (χ0n) is 11.3. The van der Waals surface area contributed by atoms with E-state index in [2.05, 4.69) is 15.5 Å². The number of thiophene rings is 1. The molecule has 1 N–H and O–H groups in total. The number of aromatic nitrogens is 2. The number of amides is 1. The lowest BCUT2D eigenvalue weighted by molar-refractivity contribution is -0.116. The summed E-state index contributed by atoms with van der Waals surface area (Å²) in [5.41, 5.74) is 0. The summed E-state index contributed by atoms with van der Waals surface area (Å²) < 4.78 is 0. The Hall–Kier alpha value is -1.60. The van der Waals surface area contributed by atoms with Crippen molar-refractivity contribution in [2.75, 3.05) is 5.32 Å². The van der Waals surface area contributed by atoms with E-state index in [9.17, 15) is 9.59 Å². The van der Waals surface area contributed by atoms with E-state index in [4.69, 9.17) is 0 Å². The molecule has 0 aliphatic rings. The minimum absolute atomic E-state index is 0.00437. The van der Waals surface area contributed by atoms with E-state index in [0.717, 1.165) is 5.01 Å². The van der Waals surface area contributed by atoms with Gasteiger partial charge in [0.15, 0.2) is 5.78 Å². The second-order valence-corrected chi connectivity index (χ2v) is 6.51. The van der Waals surface area contributed by atoms with Crippen LogP contribution in [0.4, 0.5) is 5.13 Å². The monoisotopic (exact) mass is 309 g/mol. The first-order chi connectivity index (χ1) is 9.56. The molecule has 0 radical (unpaired) electrons. The van der Waals surface area contributed by atoms with Crippen LogP contribution in [-0.2, 0) is 4.79 Å². The van der Waals surface area contributed by atoms with Crippen LogP contribution >= 0.6 is 22.7 Å². The highest BCUT2D eigenvalue weighted by Crippen LogP contribution is 2.22. The van der Waals surface area contributed by atoms with Crippen molar-refractivity contribution >= 4 is 39.5 Å². The second kappa shape index (κ2) is 6.71. The number of hydrogen-bond acceptors (Lipinski definition) is 6. The normalized spacial score (nSPS) is 10.8. The van der Waals surface area contributed by atoms with Crippen LogP contribution in [-0.4, -0.2) is 21.9 Å². The van der Waals surface area contributed by atoms with Crippen LogP contribution in [0.2, 0.25) is 0 Å². The van der Waals surface area contributed by atoms with Gasteiger partial charge in [-0.2, -0.15) is 0 Å². The quantitative estimate of drug-likeness (QED) is 0.831. The Morgan fingerprint density at radius 1 is 1.30 bits per heavy atom. The maximum atomic E-state index is 11.8. The molecule has 7 heteroatoms. The first-order valence-electron chi connectivity index (χ1n) is 6.26. The summed E-state index contributed by atoms with van der Waals surface area (Å²) in [6.07, 6.45) is 0.371. The molecule has 2 aromatic rings. The molecule has 0 saturated carbocycles. The second-order valence-electron chi connectivity index (χ2n) is 4.55. The molecular formula is C13H15N3O2S2. The molecule has 2 aromatic heterocycles. The maximum Gasteiger partial charge on any atom is 0.226 e. The van der Waals surface area contributed by atoms with Crippen molar-refractivity contribution in [1.29, 1.82) is 0 Å². The van der Waals surface area contributed by atoms with Gasteiger partial charge in [0.2, 0.25) is 11.0 Å². The first-order valence-corrected chi connectivity index (χ1v) is 7.96. The number of Topliss-reactive ketones (excluding diaryl/α,β-unsaturated/α-hetero) is 1. The topological polar surface area (TPSA) is 72.0 Å². The van der Waals surface area contributed by atoms with Gasteiger partial charge in [-0.05, 0) is 11.4 Å². The number of carbonyl (C=O) groups is 2. The van der Waals surface area contributed by atoms with Crippen LogP contribution in [0.15, 0.2) is 17.5 Å². The van der Waals surface area contributed by atoms with Gasteiger partial charge in [-0.3, -0.25) is 9.59 Å². The summed E-state index contributed by atoms with van der Waals surface area (Å²) in [7, 11) is 0. The lowest BCUT2D eigenvalue weighted by Crippen LogP contribution is -2.13. The van der Waals surface area contributed by atoms with Crippen molar-refractivity contribution in [3.05, 3.63) is 27.4 Å². The van der Waals surface area contributed by atoms with Crippen molar-refractivity contribution in [2.45, 2.75) is 32.6 Å². The van der Waals surface area contributed by atoms with Gasteiger partial charge >= 0.3 is 0 Å². The maximum absolute atomic E-state index is 11.8. The fourth-order valence-corrected chi connectivity index (χ4v) is 2.94. The SMILES string of the molecule is CC(C)c1nnc(NC(=O)CCC(=O)c2cccs2)s1. The Morgan fingerprint density at radius 3 is 2.70 bits per heavy atom. The van der Waals surface area contributed by atoms with E-state index < -0.39 is 0 Å². The van der Waals surface area contributed by atoms with E-state index in [1.807, 2.05) is 25.3 Å². The van der Waals surface area contributed by atoms with E-state index in [1.165, 1.54) is 22.7 Å².